The quantitative estimate of drug-likeness (QED) is 0.880. The average molecular weight is 374 g/mol. The van der Waals surface area contributed by atoms with Gasteiger partial charge in [-0.3, -0.25) is 14.5 Å². The van der Waals surface area contributed by atoms with Crippen LogP contribution < -0.4 is 0 Å². The second-order valence-electron chi connectivity index (χ2n) is 8.66. The van der Waals surface area contributed by atoms with E-state index >= 15 is 0 Å². The summed E-state index contributed by atoms with van der Waals surface area (Å²) in [5, 5.41) is 9.72. The molecule has 1 aromatic carbocycles. The predicted molar refractivity (Wildman–Crippen MR) is 98.6 cm³/mol. The third-order valence-corrected chi connectivity index (χ3v) is 6.53. The van der Waals surface area contributed by atoms with E-state index in [9.17, 15) is 19.1 Å². The molecule has 1 aromatic rings. The number of carboxylic acid groups (broad SMARTS) is 1. The number of carbonyl (C=O) groups is 2. The fraction of sp³-hybridized carbons (Fsp3) is 0.619. The van der Waals surface area contributed by atoms with E-state index in [1.165, 1.54) is 6.07 Å². The van der Waals surface area contributed by atoms with E-state index in [-0.39, 0.29) is 23.1 Å². The van der Waals surface area contributed by atoms with Crippen LogP contribution in [0, 0.1) is 24.1 Å². The maximum atomic E-state index is 14.2. The van der Waals surface area contributed by atoms with Gasteiger partial charge in [0, 0.05) is 37.7 Å². The number of aliphatic carboxylic acids is 1. The Labute approximate surface area is 159 Å². The summed E-state index contributed by atoms with van der Waals surface area (Å²) in [5.74, 6) is -0.613. The highest BCUT2D eigenvalue weighted by Gasteiger charge is 2.49. The first-order valence-corrected chi connectivity index (χ1v) is 9.88. The Morgan fingerprint density at radius 3 is 2.59 bits per heavy atom. The monoisotopic (exact) mass is 374 g/mol. The molecule has 1 spiro atoms. The molecule has 4 rings (SSSR count). The number of hydrogen-bond acceptors (Lipinski definition) is 3. The highest BCUT2D eigenvalue weighted by Crippen LogP contribution is 2.45. The van der Waals surface area contributed by atoms with Gasteiger partial charge in [0.25, 0.3) is 0 Å². The van der Waals surface area contributed by atoms with Crippen LogP contribution in [0.25, 0.3) is 0 Å². The molecular formula is C21H27FN2O3. The van der Waals surface area contributed by atoms with Crippen molar-refractivity contribution in [3.63, 3.8) is 0 Å². The number of carboxylic acids is 1. The molecule has 5 nitrogen and oxygen atoms in total. The standard InChI is InChI=1S/C21H27FN2O3/c1-14-2-5-17(22)16(10-14)12-24-13-21(11-18(24)20(26)27)6-8-23(9-7-21)19(25)15-3-4-15/h2,5,10,15,18H,3-4,6-9,11-13H2,1H3,(H,26,27)/t18-/m1/s1. The zero-order valence-electron chi connectivity index (χ0n) is 15.8. The number of nitrogens with zero attached hydrogens (tertiary/aromatic N) is 2. The number of likely N-dealkylation sites (tertiary alicyclic amines) is 2. The molecule has 1 N–H and O–H groups in total. The van der Waals surface area contributed by atoms with Crippen LogP contribution >= 0.6 is 0 Å². The van der Waals surface area contributed by atoms with Crippen molar-refractivity contribution in [3.05, 3.63) is 35.1 Å². The molecule has 1 atom stereocenters. The fourth-order valence-corrected chi connectivity index (χ4v) is 4.75. The zero-order valence-corrected chi connectivity index (χ0v) is 15.8. The van der Waals surface area contributed by atoms with Crippen molar-refractivity contribution in [1.29, 1.82) is 0 Å². The molecule has 0 bridgehead atoms. The molecule has 2 aliphatic heterocycles. The van der Waals surface area contributed by atoms with Crippen molar-refractivity contribution in [2.75, 3.05) is 19.6 Å². The summed E-state index contributed by atoms with van der Waals surface area (Å²) < 4.78 is 14.2. The molecule has 3 fully saturated rings. The van der Waals surface area contributed by atoms with Crippen LogP contribution in [-0.4, -0.2) is 52.5 Å². The minimum Gasteiger partial charge on any atom is -0.480 e. The number of halogens is 1. The predicted octanol–water partition coefficient (Wildman–Crippen LogP) is 2.81. The molecule has 0 unspecified atom stereocenters. The van der Waals surface area contributed by atoms with E-state index < -0.39 is 12.0 Å². The van der Waals surface area contributed by atoms with Gasteiger partial charge in [0.15, 0.2) is 0 Å². The van der Waals surface area contributed by atoms with Crippen molar-refractivity contribution in [2.24, 2.45) is 11.3 Å². The highest BCUT2D eigenvalue weighted by molar-refractivity contribution is 5.81. The molecule has 1 saturated carbocycles. The van der Waals surface area contributed by atoms with Gasteiger partial charge in [-0.05, 0) is 50.5 Å². The smallest absolute Gasteiger partial charge is 0.320 e. The lowest BCUT2D eigenvalue weighted by Gasteiger charge is -2.39. The molecule has 3 aliphatic rings. The summed E-state index contributed by atoms with van der Waals surface area (Å²) in [6.07, 6.45) is 4.28. The van der Waals surface area contributed by atoms with Crippen LogP contribution in [0.2, 0.25) is 0 Å². The third kappa shape index (κ3) is 3.72. The van der Waals surface area contributed by atoms with E-state index in [1.54, 1.807) is 12.1 Å². The van der Waals surface area contributed by atoms with Gasteiger partial charge in [0.2, 0.25) is 5.91 Å². The number of rotatable bonds is 4. The van der Waals surface area contributed by atoms with Crippen molar-refractivity contribution in [1.82, 2.24) is 9.80 Å². The van der Waals surface area contributed by atoms with Gasteiger partial charge in [-0.1, -0.05) is 17.7 Å². The van der Waals surface area contributed by atoms with Crippen LogP contribution in [0.1, 0.15) is 43.2 Å². The average Bonchev–Trinajstić information content (AvgIpc) is 3.42. The van der Waals surface area contributed by atoms with Crippen LogP contribution in [0.3, 0.4) is 0 Å². The van der Waals surface area contributed by atoms with Crippen LogP contribution in [0.15, 0.2) is 18.2 Å². The zero-order chi connectivity index (χ0) is 19.2. The molecule has 0 aromatic heterocycles. The summed E-state index contributed by atoms with van der Waals surface area (Å²) >= 11 is 0. The van der Waals surface area contributed by atoms with E-state index in [0.717, 1.165) is 31.2 Å². The normalized spacial score (nSPS) is 25.1. The summed E-state index contributed by atoms with van der Waals surface area (Å²) in [6.45, 7) is 4.32. The fourth-order valence-electron chi connectivity index (χ4n) is 4.75. The molecule has 6 heteroatoms. The Hall–Kier alpha value is -1.95. The van der Waals surface area contributed by atoms with Crippen molar-refractivity contribution >= 4 is 11.9 Å². The van der Waals surface area contributed by atoms with Gasteiger partial charge in [0.1, 0.15) is 11.9 Å². The molecule has 2 heterocycles. The molecule has 27 heavy (non-hydrogen) atoms. The number of carbonyl (C=O) groups excluding carboxylic acids is 1. The summed E-state index contributed by atoms with van der Waals surface area (Å²) in [6, 6.07) is 4.39. The lowest BCUT2D eigenvalue weighted by Crippen LogP contribution is -2.44. The van der Waals surface area contributed by atoms with Gasteiger partial charge < -0.3 is 10.0 Å². The van der Waals surface area contributed by atoms with Crippen molar-refractivity contribution in [3.8, 4) is 0 Å². The van der Waals surface area contributed by atoms with E-state index in [0.29, 0.717) is 38.2 Å². The Morgan fingerprint density at radius 1 is 1.26 bits per heavy atom. The Morgan fingerprint density at radius 2 is 1.96 bits per heavy atom. The molecule has 0 radical (unpaired) electrons. The first kappa shape index (κ1) is 18.4. The van der Waals surface area contributed by atoms with Gasteiger partial charge in [-0.2, -0.15) is 0 Å². The number of piperidine rings is 1. The van der Waals surface area contributed by atoms with E-state index in [4.69, 9.17) is 0 Å². The first-order valence-electron chi connectivity index (χ1n) is 9.88. The minimum absolute atomic E-state index is 0.0797. The van der Waals surface area contributed by atoms with Crippen molar-refractivity contribution < 1.29 is 19.1 Å². The third-order valence-electron chi connectivity index (χ3n) is 6.53. The second-order valence-corrected chi connectivity index (χ2v) is 8.66. The van der Waals surface area contributed by atoms with Crippen LogP contribution in [0.5, 0.6) is 0 Å². The largest absolute Gasteiger partial charge is 0.480 e. The maximum Gasteiger partial charge on any atom is 0.320 e. The summed E-state index contributed by atoms with van der Waals surface area (Å²) in [4.78, 5) is 28.0. The number of benzene rings is 1. The van der Waals surface area contributed by atoms with Gasteiger partial charge in [-0.15, -0.1) is 0 Å². The van der Waals surface area contributed by atoms with Crippen LogP contribution in [0.4, 0.5) is 4.39 Å². The molecule has 146 valence electrons. The summed E-state index contributed by atoms with van der Waals surface area (Å²) in [7, 11) is 0. The second kappa shape index (κ2) is 6.89. The molecule has 1 aliphatic carbocycles. The maximum absolute atomic E-state index is 14.2. The lowest BCUT2D eigenvalue weighted by molar-refractivity contribution is -0.142. The lowest BCUT2D eigenvalue weighted by atomic mass is 9.76. The van der Waals surface area contributed by atoms with Crippen molar-refractivity contribution in [2.45, 2.75) is 51.6 Å². The minimum atomic E-state index is -0.837. The Balaban J connectivity index is 1.46. The molecule has 2 saturated heterocycles. The molecule has 1 amide bonds. The first-order chi connectivity index (χ1) is 12.9. The van der Waals surface area contributed by atoms with E-state index in [1.807, 2.05) is 16.7 Å². The van der Waals surface area contributed by atoms with Crippen LogP contribution in [-0.2, 0) is 16.1 Å². The topological polar surface area (TPSA) is 60.9 Å². The van der Waals surface area contributed by atoms with Gasteiger partial charge >= 0.3 is 5.97 Å². The highest BCUT2D eigenvalue weighted by atomic mass is 19.1. The van der Waals surface area contributed by atoms with Gasteiger partial charge in [-0.25, -0.2) is 4.39 Å². The number of aryl methyl sites for hydroxylation is 1. The molecular weight excluding hydrogens is 347 g/mol. The Bertz CT molecular complexity index is 754. The summed E-state index contributed by atoms with van der Waals surface area (Å²) in [5.41, 5.74) is 1.45. The number of amides is 1. The Kier molecular flexibility index (Phi) is 4.70. The number of hydrogen-bond donors (Lipinski definition) is 1. The van der Waals surface area contributed by atoms with E-state index in [2.05, 4.69) is 0 Å². The SMILES string of the molecule is Cc1ccc(F)c(CN2CC3(CCN(C(=O)C4CC4)CC3)C[C@@H]2C(=O)O)c1. The van der Waals surface area contributed by atoms with Gasteiger partial charge in [0.05, 0.1) is 0 Å².